The fourth-order valence-electron chi connectivity index (χ4n) is 0.955. The van der Waals surface area contributed by atoms with E-state index in [2.05, 4.69) is 0 Å². The van der Waals surface area contributed by atoms with Crippen molar-refractivity contribution in [2.24, 2.45) is 0 Å². The van der Waals surface area contributed by atoms with Crippen LogP contribution in [0.1, 0.15) is 0 Å². The summed E-state index contributed by atoms with van der Waals surface area (Å²) in [6.07, 6.45) is -0.148. The maximum Gasteiger partial charge on any atom is 0.640 e. The Morgan fingerprint density at radius 3 is 2.93 bits per heavy atom. The molecule has 1 rings (SSSR count). The van der Waals surface area contributed by atoms with Crippen molar-refractivity contribution in [1.82, 2.24) is 0 Å². The first-order valence-electron chi connectivity index (χ1n) is 4.12. The van der Waals surface area contributed by atoms with Crippen LogP contribution in [-0.2, 0) is 28.3 Å². The van der Waals surface area contributed by atoms with Gasteiger partial charge in [-0.15, -0.1) is 0 Å². The Kier molecular flexibility index (Phi) is 4.74. The minimum atomic E-state index is -0.962. The van der Waals surface area contributed by atoms with E-state index in [1.807, 2.05) is 0 Å². The normalized spacial score (nSPS) is 23.5. The van der Waals surface area contributed by atoms with E-state index in [1.54, 1.807) is 0 Å². The number of hydrogen-bond acceptors (Lipinski definition) is 6. The molecule has 2 unspecified atom stereocenters. The van der Waals surface area contributed by atoms with Crippen LogP contribution in [0.25, 0.3) is 0 Å². The molecular formula is C7H11BO6. The monoisotopic (exact) mass is 202 g/mol. The summed E-state index contributed by atoms with van der Waals surface area (Å²) < 4.78 is 19.7. The molecule has 0 spiro atoms. The molecule has 0 bridgehead atoms. The Bertz CT molecular complexity index is 199. The van der Waals surface area contributed by atoms with Gasteiger partial charge in [0.2, 0.25) is 0 Å². The second-order valence-electron chi connectivity index (χ2n) is 2.70. The summed E-state index contributed by atoms with van der Waals surface area (Å²) in [4.78, 5) is 20.7. The molecule has 0 amide bonds. The summed E-state index contributed by atoms with van der Waals surface area (Å²) in [5, 5.41) is 0. The van der Waals surface area contributed by atoms with Crippen LogP contribution < -0.4 is 0 Å². The van der Waals surface area contributed by atoms with Crippen LogP contribution in [0.3, 0.4) is 0 Å². The second kappa shape index (κ2) is 5.87. The van der Waals surface area contributed by atoms with E-state index in [4.69, 9.17) is 18.7 Å². The van der Waals surface area contributed by atoms with Crippen LogP contribution >= 0.6 is 0 Å². The maximum atomic E-state index is 10.4. The summed E-state index contributed by atoms with van der Waals surface area (Å²) in [7, 11) is 0.486. The molecule has 0 aliphatic carbocycles. The molecule has 1 saturated heterocycles. The molecule has 1 heterocycles. The van der Waals surface area contributed by atoms with Gasteiger partial charge in [0.25, 0.3) is 0 Å². The van der Waals surface area contributed by atoms with Crippen LogP contribution in [0.2, 0.25) is 0 Å². The largest absolute Gasteiger partial charge is 0.640 e. The maximum absolute atomic E-state index is 10.4. The predicted molar refractivity (Wildman–Crippen MR) is 45.5 cm³/mol. The van der Waals surface area contributed by atoms with Gasteiger partial charge >= 0.3 is 7.32 Å². The van der Waals surface area contributed by atoms with E-state index in [9.17, 15) is 9.59 Å². The van der Waals surface area contributed by atoms with E-state index in [1.165, 1.54) is 7.11 Å². The zero-order chi connectivity index (χ0) is 10.4. The van der Waals surface area contributed by atoms with Crippen LogP contribution in [0.15, 0.2) is 0 Å². The minimum Gasteiger partial charge on any atom is -0.383 e. The van der Waals surface area contributed by atoms with E-state index in [0.29, 0.717) is 12.6 Å². The van der Waals surface area contributed by atoms with Crippen molar-refractivity contribution in [3.63, 3.8) is 0 Å². The second-order valence-corrected chi connectivity index (χ2v) is 2.70. The smallest absolute Gasteiger partial charge is 0.383 e. The molecular weight excluding hydrogens is 191 g/mol. The minimum absolute atomic E-state index is 0.123. The number of methoxy groups -OCH3 is 1. The zero-order valence-corrected chi connectivity index (χ0v) is 7.75. The van der Waals surface area contributed by atoms with E-state index in [0.717, 1.165) is 0 Å². The van der Waals surface area contributed by atoms with Gasteiger partial charge < -0.3 is 28.3 Å². The summed E-state index contributed by atoms with van der Waals surface area (Å²) in [5.74, 6) is 0. The predicted octanol–water partition coefficient (Wildman–Crippen LogP) is -1.18. The Morgan fingerprint density at radius 2 is 2.43 bits per heavy atom. The average molecular weight is 202 g/mol. The lowest BCUT2D eigenvalue weighted by molar-refractivity contribution is -0.117. The Hall–Kier alpha value is -0.755. The zero-order valence-electron chi connectivity index (χ0n) is 7.75. The third kappa shape index (κ3) is 3.19. The molecule has 0 radical (unpaired) electrons. The molecule has 6 nitrogen and oxygen atoms in total. The first kappa shape index (κ1) is 11.3. The highest BCUT2D eigenvalue weighted by Gasteiger charge is 2.35. The van der Waals surface area contributed by atoms with Crippen molar-refractivity contribution in [1.29, 1.82) is 0 Å². The SMILES string of the molecule is COCC(C=O)OB1OCC(C=O)O1. The molecule has 0 aromatic heterocycles. The van der Waals surface area contributed by atoms with Crippen molar-refractivity contribution in [3.05, 3.63) is 0 Å². The molecule has 0 aromatic rings. The quantitative estimate of drug-likeness (QED) is 0.398. The third-order valence-electron chi connectivity index (χ3n) is 1.60. The molecule has 7 heteroatoms. The molecule has 1 aliphatic heterocycles. The number of rotatable bonds is 6. The van der Waals surface area contributed by atoms with Gasteiger partial charge in [-0.3, -0.25) is 0 Å². The average Bonchev–Trinajstić information content (AvgIpc) is 2.65. The van der Waals surface area contributed by atoms with Crippen LogP contribution in [-0.4, -0.2) is 52.4 Å². The number of carbonyl (C=O) groups is 2. The van der Waals surface area contributed by atoms with Crippen LogP contribution in [0.5, 0.6) is 0 Å². The Morgan fingerprint density at radius 1 is 1.64 bits per heavy atom. The van der Waals surface area contributed by atoms with Crippen molar-refractivity contribution >= 4 is 19.9 Å². The molecule has 78 valence electrons. The third-order valence-corrected chi connectivity index (χ3v) is 1.60. The molecule has 0 aromatic carbocycles. The highest BCUT2D eigenvalue weighted by Crippen LogP contribution is 2.08. The topological polar surface area (TPSA) is 71.1 Å². The molecule has 2 atom stereocenters. The number of aldehydes is 2. The first-order valence-corrected chi connectivity index (χ1v) is 4.12. The number of ether oxygens (including phenoxy) is 1. The Labute approximate surface area is 81.6 Å². The van der Waals surface area contributed by atoms with Crippen LogP contribution in [0, 0.1) is 0 Å². The lowest BCUT2D eigenvalue weighted by atomic mass is 10.2. The van der Waals surface area contributed by atoms with Gasteiger partial charge in [0.15, 0.2) is 0 Å². The summed E-state index contributed by atoms with van der Waals surface area (Å²) in [5.41, 5.74) is 0. The number of carbonyl (C=O) groups excluding carboxylic acids is 2. The lowest BCUT2D eigenvalue weighted by Crippen LogP contribution is -2.32. The van der Waals surface area contributed by atoms with E-state index >= 15 is 0 Å². The van der Waals surface area contributed by atoms with Gasteiger partial charge in [-0.1, -0.05) is 0 Å². The molecule has 0 N–H and O–H groups in total. The van der Waals surface area contributed by atoms with Crippen molar-refractivity contribution < 1.29 is 28.3 Å². The fourth-order valence-corrected chi connectivity index (χ4v) is 0.955. The number of hydrogen-bond donors (Lipinski definition) is 0. The fraction of sp³-hybridized carbons (Fsp3) is 0.714. The van der Waals surface area contributed by atoms with Crippen molar-refractivity contribution in [3.8, 4) is 0 Å². The van der Waals surface area contributed by atoms with Gasteiger partial charge in [-0.2, -0.15) is 0 Å². The standard InChI is InChI=1S/C7H11BO6/c1-11-4-6(2-9)13-8-12-5-7(3-10)14-8/h2-3,6-7H,4-5H2,1H3. The Balaban J connectivity index is 2.29. The molecule has 1 aliphatic rings. The molecule has 0 saturated carbocycles. The summed E-state index contributed by atoms with van der Waals surface area (Å²) in [6.45, 7) is 0.269. The first-order chi connectivity index (χ1) is 6.80. The van der Waals surface area contributed by atoms with Gasteiger partial charge in [-0.05, 0) is 0 Å². The highest BCUT2D eigenvalue weighted by atomic mass is 16.8. The van der Waals surface area contributed by atoms with E-state index < -0.39 is 19.5 Å². The van der Waals surface area contributed by atoms with Gasteiger partial charge in [0.05, 0.1) is 13.2 Å². The molecule has 1 fully saturated rings. The molecule has 14 heavy (non-hydrogen) atoms. The van der Waals surface area contributed by atoms with Gasteiger partial charge in [0, 0.05) is 7.11 Å². The summed E-state index contributed by atoms with van der Waals surface area (Å²) >= 11 is 0. The van der Waals surface area contributed by atoms with Crippen LogP contribution in [0.4, 0.5) is 0 Å². The summed E-state index contributed by atoms with van der Waals surface area (Å²) in [6, 6.07) is 0. The lowest BCUT2D eigenvalue weighted by Gasteiger charge is -2.11. The van der Waals surface area contributed by atoms with Crippen molar-refractivity contribution in [2.75, 3.05) is 20.3 Å². The highest BCUT2D eigenvalue weighted by molar-refractivity contribution is 6.37. The van der Waals surface area contributed by atoms with Gasteiger partial charge in [0.1, 0.15) is 24.8 Å². The van der Waals surface area contributed by atoms with E-state index in [-0.39, 0.29) is 13.2 Å². The van der Waals surface area contributed by atoms with Crippen molar-refractivity contribution in [2.45, 2.75) is 12.2 Å². The van der Waals surface area contributed by atoms with Gasteiger partial charge in [-0.25, -0.2) is 0 Å².